The second kappa shape index (κ2) is 4.57. The van der Waals surface area contributed by atoms with Gasteiger partial charge in [0.1, 0.15) is 11.0 Å². The molecule has 0 aromatic carbocycles. The number of hydrogen-bond donors (Lipinski definition) is 0. The number of hydrogen-bond acceptors (Lipinski definition) is 3. The lowest BCUT2D eigenvalue weighted by Crippen LogP contribution is -2.27. The fraction of sp³-hybridized carbons (Fsp3) is 0.417. The standard InChI is InChI=1S/C12H13ClN4O/c13-10-5-4-9(7-14-10)8-17-12(18)16-6-2-1-3-11(16)15-17/h4-5,7H,1-3,6,8H2. The topological polar surface area (TPSA) is 52.7 Å². The van der Waals surface area contributed by atoms with Crippen LogP contribution in [-0.4, -0.2) is 19.3 Å². The maximum atomic E-state index is 12.1. The highest BCUT2D eigenvalue weighted by Crippen LogP contribution is 2.10. The summed E-state index contributed by atoms with van der Waals surface area (Å²) in [6.45, 7) is 1.23. The third kappa shape index (κ3) is 2.06. The van der Waals surface area contributed by atoms with E-state index in [4.69, 9.17) is 11.6 Å². The van der Waals surface area contributed by atoms with Crippen molar-refractivity contribution in [1.29, 1.82) is 0 Å². The largest absolute Gasteiger partial charge is 0.346 e. The zero-order valence-corrected chi connectivity index (χ0v) is 10.6. The smallest absolute Gasteiger partial charge is 0.279 e. The number of fused-ring (bicyclic) bond motifs is 1. The van der Waals surface area contributed by atoms with Gasteiger partial charge in [0.2, 0.25) is 0 Å². The maximum absolute atomic E-state index is 12.1. The molecule has 1 aliphatic rings. The summed E-state index contributed by atoms with van der Waals surface area (Å²) in [4.78, 5) is 16.1. The molecule has 0 unspecified atom stereocenters. The van der Waals surface area contributed by atoms with Crippen LogP contribution in [0.1, 0.15) is 24.2 Å². The van der Waals surface area contributed by atoms with Gasteiger partial charge in [-0.25, -0.2) is 14.5 Å². The Morgan fingerprint density at radius 3 is 2.94 bits per heavy atom. The van der Waals surface area contributed by atoms with Crippen molar-refractivity contribution in [3.8, 4) is 0 Å². The highest BCUT2D eigenvalue weighted by atomic mass is 35.5. The molecule has 0 N–H and O–H groups in total. The number of halogens is 1. The number of aryl methyl sites for hydroxylation is 1. The van der Waals surface area contributed by atoms with Gasteiger partial charge < -0.3 is 0 Å². The SMILES string of the molecule is O=c1n(Cc2ccc(Cl)nc2)nc2n1CCCC2. The number of pyridine rings is 1. The molecular weight excluding hydrogens is 252 g/mol. The zero-order valence-electron chi connectivity index (χ0n) is 9.84. The van der Waals surface area contributed by atoms with Gasteiger partial charge >= 0.3 is 5.69 Å². The van der Waals surface area contributed by atoms with E-state index in [0.717, 1.165) is 37.2 Å². The third-order valence-corrected chi connectivity index (χ3v) is 3.38. The van der Waals surface area contributed by atoms with Gasteiger partial charge in [-0.05, 0) is 24.5 Å². The summed E-state index contributed by atoms with van der Waals surface area (Å²) >= 11 is 5.73. The summed E-state index contributed by atoms with van der Waals surface area (Å²) < 4.78 is 3.28. The number of rotatable bonds is 2. The molecule has 1 aliphatic heterocycles. The molecule has 94 valence electrons. The van der Waals surface area contributed by atoms with E-state index >= 15 is 0 Å². The normalized spacial score (nSPS) is 14.5. The summed E-state index contributed by atoms with van der Waals surface area (Å²) in [5.41, 5.74) is 0.900. The van der Waals surface area contributed by atoms with Crippen molar-refractivity contribution >= 4 is 11.6 Å². The Balaban J connectivity index is 1.91. The van der Waals surface area contributed by atoms with Crippen molar-refractivity contribution in [3.63, 3.8) is 0 Å². The number of aromatic nitrogens is 4. The first-order valence-corrected chi connectivity index (χ1v) is 6.39. The van der Waals surface area contributed by atoms with Crippen LogP contribution in [0.2, 0.25) is 5.15 Å². The predicted molar refractivity (Wildman–Crippen MR) is 67.8 cm³/mol. The van der Waals surface area contributed by atoms with Crippen LogP contribution in [0.4, 0.5) is 0 Å². The van der Waals surface area contributed by atoms with E-state index in [-0.39, 0.29) is 5.69 Å². The minimum atomic E-state index is -0.0281. The maximum Gasteiger partial charge on any atom is 0.346 e. The number of nitrogens with zero attached hydrogens (tertiary/aromatic N) is 4. The van der Waals surface area contributed by atoms with Gasteiger partial charge in [-0.2, -0.15) is 5.10 Å². The summed E-state index contributed by atoms with van der Waals surface area (Å²) in [6.07, 6.45) is 4.73. The van der Waals surface area contributed by atoms with Crippen molar-refractivity contribution in [1.82, 2.24) is 19.3 Å². The molecular formula is C12H13ClN4O. The Hall–Kier alpha value is -1.62. The van der Waals surface area contributed by atoms with Crippen molar-refractivity contribution in [2.75, 3.05) is 0 Å². The van der Waals surface area contributed by atoms with E-state index < -0.39 is 0 Å². The summed E-state index contributed by atoms with van der Waals surface area (Å²) in [5, 5.41) is 4.83. The molecule has 3 heterocycles. The van der Waals surface area contributed by atoms with Crippen LogP contribution in [-0.2, 0) is 19.5 Å². The van der Waals surface area contributed by atoms with E-state index in [0.29, 0.717) is 11.7 Å². The van der Waals surface area contributed by atoms with Crippen molar-refractivity contribution < 1.29 is 0 Å². The van der Waals surface area contributed by atoms with E-state index in [2.05, 4.69) is 10.1 Å². The van der Waals surface area contributed by atoms with Crippen molar-refractivity contribution in [3.05, 3.63) is 45.4 Å². The molecule has 0 radical (unpaired) electrons. The highest BCUT2D eigenvalue weighted by Gasteiger charge is 2.16. The molecule has 0 spiro atoms. The minimum Gasteiger partial charge on any atom is -0.279 e. The van der Waals surface area contributed by atoms with Crippen LogP contribution in [0.25, 0.3) is 0 Å². The zero-order chi connectivity index (χ0) is 12.5. The van der Waals surface area contributed by atoms with Crippen LogP contribution in [0.15, 0.2) is 23.1 Å². The van der Waals surface area contributed by atoms with Crippen LogP contribution in [0.5, 0.6) is 0 Å². The first-order chi connectivity index (χ1) is 8.74. The molecule has 18 heavy (non-hydrogen) atoms. The van der Waals surface area contributed by atoms with E-state index in [1.807, 2.05) is 6.07 Å². The van der Waals surface area contributed by atoms with Crippen LogP contribution < -0.4 is 5.69 Å². The van der Waals surface area contributed by atoms with Gasteiger partial charge in [0.25, 0.3) is 0 Å². The minimum absolute atomic E-state index is 0.0281. The molecule has 0 amide bonds. The second-order valence-corrected chi connectivity index (χ2v) is 4.84. The van der Waals surface area contributed by atoms with Gasteiger partial charge in [0, 0.05) is 19.2 Å². The van der Waals surface area contributed by atoms with Gasteiger partial charge in [-0.1, -0.05) is 17.7 Å². The summed E-state index contributed by atoms with van der Waals surface area (Å²) in [6, 6.07) is 3.58. The molecule has 0 aliphatic carbocycles. The van der Waals surface area contributed by atoms with Crippen LogP contribution >= 0.6 is 11.6 Å². The fourth-order valence-corrected chi connectivity index (χ4v) is 2.34. The first-order valence-electron chi connectivity index (χ1n) is 6.01. The lowest BCUT2D eigenvalue weighted by molar-refractivity contribution is 0.511. The Morgan fingerprint density at radius 2 is 2.22 bits per heavy atom. The first kappa shape index (κ1) is 11.5. The summed E-state index contributed by atoms with van der Waals surface area (Å²) in [7, 11) is 0. The van der Waals surface area contributed by atoms with E-state index in [1.165, 1.54) is 4.68 Å². The third-order valence-electron chi connectivity index (χ3n) is 3.15. The van der Waals surface area contributed by atoms with E-state index in [9.17, 15) is 4.79 Å². The van der Waals surface area contributed by atoms with E-state index in [1.54, 1.807) is 16.8 Å². The molecule has 0 fully saturated rings. The monoisotopic (exact) mass is 264 g/mol. The molecule has 3 rings (SSSR count). The van der Waals surface area contributed by atoms with Gasteiger partial charge in [0.05, 0.1) is 6.54 Å². The van der Waals surface area contributed by atoms with Crippen molar-refractivity contribution in [2.24, 2.45) is 0 Å². The van der Waals surface area contributed by atoms with Gasteiger partial charge in [-0.15, -0.1) is 0 Å². The Morgan fingerprint density at radius 1 is 1.33 bits per heavy atom. The molecule has 0 saturated heterocycles. The molecule has 0 atom stereocenters. The molecule has 2 aromatic rings. The molecule has 5 nitrogen and oxygen atoms in total. The average molecular weight is 265 g/mol. The Kier molecular flexibility index (Phi) is 2.91. The average Bonchev–Trinajstić information content (AvgIpc) is 2.70. The van der Waals surface area contributed by atoms with Crippen LogP contribution in [0.3, 0.4) is 0 Å². The van der Waals surface area contributed by atoms with Crippen LogP contribution in [0, 0.1) is 0 Å². The summed E-state index contributed by atoms with van der Waals surface area (Å²) in [5.74, 6) is 0.896. The fourth-order valence-electron chi connectivity index (χ4n) is 2.22. The van der Waals surface area contributed by atoms with Gasteiger partial charge in [-0.3, -0.25) is 4.57 Å². The molecule has 6 heteroatoms. The molecule has 2 aromatic heterocycles. The Bertz CT molecular complexity index is 614. The quantitative estimate of drug-likeness (QED) is 0.772. The Labute approximate surface area is 109 Å². The second-order valence-electron chi connectivity index (χ2n) is 4.45. The molecule has 0 bridgehead atoms. The highest BCUT2D eigenvalue weighted by molar-refractivity contribution is 6.29. The lowest BCUT2D eigenvalue weighted by atomic mass is 10.2. The molecule has 0 saturated carbocycles. The van der Waals surface area contributed by atoms with Crippen molar-refractivity contribution in [2.45, 2.75) is 32.4 Å². The lowest BCUT2D eigenvalue weighted by Gasteiger charge is -2.09. The van der Waals surface area contributed by atoms with Gasteiger partial charge in [0.15, 0.2) is 0 Å². The predicted octanol–water partition coefficient (Wildman–Crippen LogP) is 1.48.